The van der Waals surface area contributed by atoms with E-state index in [0.29, 0.717) is 69.8 Å². The molecule has 230 valence electrons. The van der Waals surface area contributed by atoms with Crippen molar-refractivity contribution in [2.24, 2.45) is 5.16 Å². The third-order valence-corrected chi connectivity index (χ3v) is 7.30. The van der Waals surface area contributed by atoms with E-state index < -0.39 is 41.0 Å². The van der Waals surface area contributed by atoms with Crippen LogP contribution in [0.2, 0.25) is 0 Å². The average molecular weight is 601 g/mol. The summed E-state index contributed by atoms with van der Waals surface area (Å²) in [6.07, 6.45) is -9.58. The summed E-state index contributed by atoms with van der Waals surface area (Å²) < 4.78 is 86.9. The fourth-order valence-corrected chi connectivity index (χ4v) is 5.19. The highest BCUT2D eigenvalue weighted by Crippen LogP contribution is 2.37. The average Bonchev–Trinajstić information content (AvgIpc) is 2.95. The van der Waals surface area contributed by atoms with Gasteiger partial charge in [-0.05, 0) is 37.1 Å². The summed E-state index contributed by atoms with van der Waals surface area (Å²) >= 11 is 0. The van der Waals surface area contributed by atoms with E-state index in [-0.39, 0.29) is 6.54 Å². The summed E-state index contributed by atoms with van der Waals surface area (Å²) in [4.78, 5) is 24.5. The lowest BCUT2D eigenvalue weighted by Crippen LogP contribution is -2.56. The molecule has 0 spiro atoms. The Morgan fingerprint density at radius 2 is 1.67 bits per heavy atom. The first-order chi connectivity index (χ1) is 19.9. The molecule has 0 saturated carbocycles. The van der Waals surface area contributed by atoms with Crippen molar-refractivity contribution in [1.82, 2.24) is 14.7 Å². The van der Waals surface area contributed by atoms with E-state index in [4.69, 9.17) is 9.57 Å². The number of ether oxygens (including phenoxy) is 1. The predicted octanol–water partition coefficient (Wildman–Crippen LogP) is 4.82. The highest BCUT2D eigenvalue weighted by atomic mass is 19.4. The zero-order valence-corrected chi connectivity index (χ0v) is 23.3. The Balaban J connectivity index is 1.49. The standard InChI is InChI=1S/C29H34F6N4O3/c1-21(36-42-16-13-37-11-14-41-15-12-37)19-38-9-10-39(24(20-38)17-22-5-3-2-4-6-22)27(40)25-18-23(28(30,31)32)7-8-26(25)29(33,34)35/h2-8,18,24H,9-17,19-20H2,1H3. The minimum Gasteiger partial charge on any atom is -0.394 e. The first kappa shape index (κ1) is 31.8. The maximum absolute atomic E-state index is 13.8. The van der Waals surface area contributed by atoms with Gasteiger partial charge in [0.15, 0.2) is 0 Å². The number of hydrogen-bond donors (Lipinski definition) is 0. The summed E-state index contributed by atoms with van der Waals surface area (Å²) in [6, 6.07) is 9.51. The number of piperazine rings is 1. The molecular weight excluding hydrogens is 566 g/mol. The molecule has 0 radical (unpaired) electrons. The Hall–Kier alpha value is -3.16. The van der Waals surface area contributed by atoms with E-state index >= 15 is 0 Å². The number of rotatable bonds is 9. The molecule has 2 aliphatic heterocycles. The van der Waals surface area contributed by atoms with Crippen LogP contribution in [0.5, 0.6) is 0 Å². The molecule has 4 rings (SSSR count). The van der Waals surface area contributed by atoms with Gasteiger partial charge in [0, 0.05) is 51.9 Å². The number of morpholine rings is 1. The fourth-order valence-electron chi connectivity index (χ4n) is 5.19. The summed E-state index contributed by atoms with van der Waals surface area (Å²) in [5, 5.41) is 4.19. The Bertz CT molecular complexity index is 1220. The Morgan fingerprint density at radius 3 is 2.33 bits per heavy atom. The second-order valence-corrected chi connectivity index (χ2v) is 10.4. The number of amides is 1. The van der Waals surface area contributed by atoms with Gasteiger partial charge in [-0.15, -0.1) is 0 Å². The molecule has 0 aliphatic carbocycles. The Labute approximate surface area is 240 Å². The lowest BCUT2D eigenvalue weighted by molar-refractivity contribution is -0.141. The van der Waals surface area contributed by atoms with Crippen LogP contribution < -0.4 is 0 Å². The topological polar surface area (TPSA) is 57.6 Å². The van der Waals surface area contributed by atoms with Crippen LogP contribution in [0.3, 0.4) is 0 Å². The number of hydrogen-bond acceptors (Lipinski definition) is 6. The van der Waals surface area contributed by atoms with E-state index in [9.17, 15) is 31.1 Å². The molecular formula is C29H34F6N4O3. The molecule has 42 heavy (non-hydrogen) atoms. The molecule has 1 unspecified atom stereocenters. The smallest absolute Gasteiger partial charge is 0.394 e. The van der Waals surface area contributed by atoms with Crippen molar-refractivity contribution in [3.8, 4) is 0 Å². The number of alkyl halides is 6. The molecule has 7 nitrogen and oxygen atoms in total. The van der Waals surface area contributed by atoms with E-state index in [1.165, 1.54) is 4.90 Å². The number of carbonyl (C=O) groups is 1. The van der Waals surface area contributed by atoms with Crippen LogP contribution in [0, 0.1) is 0 Å². The van der Waals surface area contributed by atoms with Crippen molar-refractivity contribution >= 4 is 11.6 Å². The molecule has 2 heterocycles. The summed E-state index contributed by atoms with van der Waals surface area (Å²) in [5.74, 6) is -1.08. The minimum atomic E-state index is -5.00. The van der Waals surface area contributed by atoms with E-state index in [0.717, 1.165) is 25.2 Å². The molecule has 13 heteroatoms. The lowest BCUT2D eigenvalue weighted by Gasteiger charge is -2.42. The van der Waals surface area contributed by atoms with Crippen molar-refractivity contribution < 1.29 is 40.7 Å². The van der Waals surface area contributed by atoms with Crippen molar-refractivity contribution in [2.45, 2.75) is 31.7 Å². The highest BCUT2D eigenvalue weighted by Gasteiger charge is 2.41. The van der Waals surface area contributed by atoms with Crippen LogP contribution in [0.15, 0.2) is 53.7 Å². The number of oxime groups is 1. The molecule has 2 fully saturated rings. The zero-order valence-electron chi connectivity index (χ0n) is 23.3. The molecule has 2 saturated heterocycles. The first-order valence-electron chi connectivity index (χ1n) is 13.7. The molecule has 0 bridgehead atoms. The molecule has 2 aromatic rings. The number of carbonyl (C=O) groups excluding carboxylic acids is 1. The zero-order chi connectivity index (χ0) is 30.3. The maximum Gasteiger partial charge on any atom is 0.417 e. The van der Waals surface area contributed by atoms with Crippen molar-refractivity contribution in [1.29, 1.82) is 0 Å². The number of benzene rings is 2. The van der Waals surface area contributed by atoms with Crippen LogP contribution in [0.4, 0.5) is 26.3 Å². The van der Waals surface area contributed by atoms with Crippen LogP contribution >= 0.6 is 0 Å². The van der Waals surface area contributed by atoms with Gasteiger partial charge in [-0.1, -0.05) is 35.5 Å². The molecule has 2 aliphatic rings. The second kappa shape index (κ2) is 13.9. The van der Waals surface area contributed by atoms with Crippen LogP contribution in [-0.4, -0.2) is 98.0 Å². The van der Waals surface area contributed by atoms with Crippen molar-refractivity contribution in [2.75, 3.05) is 65.6 Å². The Kier molecular flexibility index (Phi) is 10.5. The quantitative estimate of drug-likeness (QED) is 0.179. The first-order valence-corrected chi connectivity index (χ1v) is 13.7. The van der Waals surface area contributed by atoms with E-state index in [2.05, 4.69) is 10.1 Å². The molecule has 1 atom stereocenters. The van der Waals surface area contributed by atoms with E-state index in [1.54, 1.807) is 6.92 Å². The SMILES string of the molecule is CC(CN1CCN(C(=O)c2cc(C(F)(F)F)ccc2C(F)(F)F)C(Cc2ccccc2)C1)=NOCCN1CCOCC1. The third kappa shape index (κ3) is 8.68. The summed E-state index contributed by atoms with van der Waals surface area (Å²) in [7, 11) is 0. The summed E-state index contributed by atoms with van der Waals surface area (Å²) in [6.45, 7) is 7.02. The molecule has 0 aromatic heterocycles. The normalized spacial score (nSPS) is 19.6. The van der Waals surface area contributed by atoms with Gasteiger partial charge in [-0.25, -0.2) is 0 Å². The van der Waals surface area contributed by atoms with Gasteiger partial charge in [-0.3, -0.25) is 14.6 Å². The maximum atomic E-state index is 13.8. The summed E-state index contributed by atoms with van der Waals surface area (Å²) in [5.41, 5.74) is -2.17. The Morgan fingerprint density at radius 1 is 0.952 bits per heavy atom. The van der Waals surface area contributed by atoms with Gasteiger partial charge in [0.2, 0.25) is 0 Å². The monoisotopic (exact) mass is 600 g/mol. The van der Waals surface area contributed by atoms with Gasteiger partial charge in [0.05, 0.1) is 35.6 Å². The van der Waals surface area contributed by atoms with Crippen molar-refractivity contribution in [3.05, 3.63) is 70.8 Å². The van der Waals surface area contributed by atoms with Crippen LogP contribution in [0.25, 0.3) is 0 Å². The third-order valence-electron chi connectivity index (χ3n) is 7.30. The molecule has 1 amide bonds. The molecule has 2 aromatic carbocycles. The van der Waals surface area contributed by atoms with Crippen LogP contribution in [-0.2, 0) is 28.3 Å². The van der Waals surface area contributed by atoms with Gasteiger partial charge < -0.3 is 14.5 Å². The van der Waals surface area contributed by atoms with Gasteiger partial charge >= 0.3 is 12.4 Å². The van der Waals surface area contributed by atoms with Gasteiger partial charge in [0.25, 0.3) is 5.91 Å². The van der Waals surface area contributed by atoms with Gasteiger partial charge in [-0.2, -0.15) is 26.3 Å². The number of halogens is 6. The van der Waals surface area contributed by atoms with Crippen LogP contribution in [0.1, 0.15) is 34.0 Å². The predicted molar refractivity (Wildman–Crippen MR) is 144 cm³/mol. The lowest BCUT2D eigenvalue weighted by atomic mass is 9.97. The second-order valence-electron chi connectivity index (χ2n) is 10.4. The molecule has 0 N–H and O–H groups in total. The largest absolute Gasteiger partial charge is 0.417 e. The fraction of sp³-hybridized carbons (Fsp3) is 0.517. The highest BCUT2D eigenvalue weighted by molar-refractivity contribution is 5.96. The number of nitrogens with zero attached hydrogens (tertiary/aromatic N) is 4. The van der Waals surface area contributed by atoms with Gasteiger partial charge in [0.1, 0.15) is 6.61 Å². The van der Waals surface area contributed by atoms with E-state index in [1.807, 2.05) is 35.2 Å². The van der Waals surface area contributed by atoms with Crippen molar-refractivity contribution in [3.63, 3.8) is 0 Å². The minimum absolute atomic E-state index is 0.0368.